The molecule has 0 amide bonds. The summed E-state index contributed by atoms with van der Waals surface area (Å²) in [5.74, 6) is 0.883. The van der Waals surface area contributed by atoms with Crippen molar-refractivity contribution in [3.05, 3.63) is 58.4 Å². The van der Waals surface area contributed by atoms with E-state index in [1.165, 1.54) is 16.7 Å². The minimum absolute atomic E-state index is 0.679. The molecule has 1 aliphatic heterocycles. The Balaban J connectivity index is 1.62. The topological polar surface area (TPSA) is 34.1 Å². The van der Waals surface area contributed by atoms with E-state index in [-0.39, 0.29) is 0 Å². The standard InChI is InChI=1S/C18H21ClN2O/c19-17-6-5-15-7-10-20-11-8-16(15)18(17)22-12-2-4-14-3-1-9-21-13-14/h1,3,5-6,9,13,20H,2,4,7-8,10-12H2. The first-order valence-corrected chi connectivity index (χ1v) is 8.25. The summed E-state index contributed by atoms with van der Waals surface area (Å²) in [4.78, 5) is 4.13. The minimum atomic E-state index is 0.679. The highest BCUT2D eigenvalue weighted by molar-refractivity contribution is 6.32. The summed E-state index contributed by atoms with van der Waals surface area (Å²) in [6.07, 6.45) is 7.67. The molecule has 0 radical (unpaired) electrons. The van der Waals surface area contributed by atoms with Gasteiger partial charge in [-0.2, -0.15) is 0 Å². The quantitative estimate of drug-likeness (QED) is 0.858. The third-order valence-corrected chi connectivity index (χ3v) is 4.31. The third kappa shape index (κ3) is 3.79. The average Bonchev–Trinajstić information content (AvgIpc) is 2.79. The fourth-order valence-corrected chi connectivity index (χ4v) is 3.09. The SMILES string of the molecule is Clc1ccc2c(c1OCCCc1cccnc1)CCNCC2. The second kappa shape index (κ2) is 7.61. The number of aromatic nitrogens is 1. The molecule has 0 atom stereocenters. The maximum Gasteiger partial charge on any atom is 0.141 e. The van der Waals surface area contributed by atoms with E-state index >= 15 is 0 Å². The number of rotatable bonds is 5. The van der Waals surface area contributed by atoms with Gasteiger partial charge in [-0.1, -0.05) is 23.7 Å². The second-order valence-electron chi connectivity index (χ2n) is 5.58. The zero-order chi connectivity index (χ0) is 15.2. The predicted octanol–water partition coefficient (Wildman–Crippen LogP) is 3.43. The van der Waals surface area contributed by atoms with Gasteiger partial charge >= 0.3 is 0 Å². The maximum absolute atomic E-state index is 6.36. The number of pyridine rings is 1. The van der Waals surface area contributed by atoms with Gasteiger partial charge in [-0.25, -0.2) is 0 Å². The Hall–Kier alpha value is -1.58. The van der Waals surface area contributed by atoms with Crippen molar-refractivity contribution in [2.45, 2.75) is 25.7 Å². The average molecular weight is 317 g/mol. The zero-order valence-corrected chi connectivity index (χ0v) is 13.4. The maximum atomic E-state index is 6.36. The summed E-state index contributed by atoms with van der Waals surface area (Å²) < 4.78 is 6.03. The van der Waals surface area contributed by atoms with Crippen LogP contribution in [-0.4, -0.2) is 24.7 Å². The van der Waals surface area contributed by atoms with Crippen LogP contribution in [0, 0.1) is 0 Å². The van der Waals surface area contributed by atoms with Crippen LogP contribution < -0.4 is 10.1 Å². The number of fused-ring (bicyclic) bond motifs is 1. The van der Waals surface area contributed by atoms with Gasteiger partial charge in [-0.15, -0.1) is 0 Å². The van der Waals surface area contributed by atoms with Crippen LogP contribution in [0.15, 0.2) is 36.7 Å². The lowest BCUT2D eigenvalue weighted by Crippen LogP contribution is -2.16. The number of hydrogen-bond donors (Lipinski definition) is 1. The van der Waals surface area contributed by atoms with Crippen LogP contribution in [0.4, 0.5) is 0 Å². The van der Waals surface area contributed by atoms with E-state index in [0.29, 0.717) is 6.61 Å². The first kappa shape index (κ1) is 15.3. The molecule has 0 aliphatic carbocycles. The lowest BCUT2D eigenvalue weighted by Gasteiger charge is -2.15. The summed E-state index contributed by atoms with van der Waals surface area (Å²) in [5, 5.41) is 4.15. The van der Waals surface area contributed by atoms with Gasteiger partial charge in [0.1, 0.15) is 5.75 Å². The highest BCUT2D eigenvalue weighted by Crippen LogP contribution is 2.33. The van der Waals surface area contributed by atoms with Gasteiger partial charge in [0, 0.05) is 18.0 Å². The van der Waals surface area contributed by atoms with E-state index in [1.807, 2.05) is 18.3 Å². The molecule has 0 saturated carbocycles. The van der Waals surface area contributed by atoms with Crippen LogP contribution in [0.2, 0.25) is 5.02 Å². The van der Waals surface area contributed by atoms with Gasteiger partial charge in [0.25, 0.3) is 0 Å². The molecule has 0 unspecified atom stereocenters. The van der Waals surface area contributed by atoms with Crippen molar-refractivity contribution in [3.63, 3.8) is 0 Å². The van der Waals surface area contributed by atoms with E-state index in [2.05, 4.69) is 22.4 Å². The second-order valence-corrected chi connectivity index (χ2v) is 5.98. The smallest absolute Gasteiger partial charge is 0.141 e. The summed E-state index contributed by atoms with van der Waals surface area (Å²) in [6, 6.07) is 8.16. The molecule has 2 aromatic rings. The van der Waals surface area contributed by atoms with E-state index in [0.717, 1.165) is 49.5 Å². The zero-order valence-electron chi connectivity index (χ0n) is 12.6. The number of nitrogens with zero attached hydrogens (tertiary/aromatic N) is 1. The molecule has 3 nitrogen and oxygen atoms in total. The van der Waals surface area contributed by atoms with Gasteiger partial charge in [-0.05, 0) is 62.0 Å². The Kier molecular flexibility index (Phi) is 5.30. The number of halogens is 1. The number of ether oxygens (including phenoxy) is 1. The third-order valence-electron chi connectivity index (χ3n) is 4.01. The van der Waals surface area contributed by atoms with Gasteiger partial charge < -0.3 is 10.1 Å². The van der Waals surface area contributed by atoms with Gasteiger partial charge in [0.15, 0.2) is 0 Å². The molecule has 1 aromatic carbocycles. The summed E-state index contributed by atoms with van der Waals surface area (Å²) in [7, 11) is 0. The lowest BCUT2D eigenvalue weighted by molar-refractivity contribution is 0.308. The molecule has 2 heterocycles. The molecular weight excluding hydrogens is 296 g/mol. The molecule has 116 valence electrons. The van der Waals surface area contributed by atoms with E-state index in [4.69, 9.17) is 16.3 Å². The van der Waals surface area contributed by atoms with Crippen LogP contribution in [0.1, 0.15) is 23.1 Å². The van der Waals surface area contributed by atoms with Gasteiger partial charge in [0.05, 0.1) is 11.6 Å². The predicted molar refractivity (Wildman–Crippen MR) is 89.8 cm³/mol. The Morgan fingerprint density at radius 3 is 2.95 bits per heavy atom. The Labute approximate surface area is 136 Å². The molecule has 0 saturated heterocycles. The van der Waals surface area contributed by atoms with Crippen molar-refractivity contribution < 1.29 is 4.74 Å². The lowest BCUT2D eigenvalue weighted by atomic mass is 10.0. The van der Waals surface area contributed by atoms with E-state index in [9.17, 15) is 0 Å². The molecule has 4 heteroatoms. The van der Waals surface area contributed by atoms with Crippen molar-refractivity contribution in [2.24, 2.45) is 0 Å². The number of benzene rings is 1. The number of hydrogen-bond acceptors (Lipinski definition) is 3. The van der Waals surface area contributed by atoms with Crippen molar-refractivity contribution in [1.29, 1.82) is 0 Å². The summed E-state index contributed by atoms with van der Waals surface area (Å²) in [5.41, 5.74) is 3.88. The molecule has 0 bridgehead atoms. The molecule has 0 spiro atoms. The van der Waals surface area contributed by atoms with Crippen molar-refractivity contribution in [3.8, 4) is 5.75 Å². The highest BCUT2D eigenvalue weighted by atomic mass is 35.5. The van der Waals surface area contributed by atoms with Crippen LogP contribution in [0.25, 0.3) is 0 Å². The first-order chi connectivity index (χ1) is 10.8. The fourth-order valence-electron chi connectivity index (χ4n) is 2.86. The molecule has 22 heavy (non-hydrogen) atoms. The number of nitrogens with one attached hydrogen (secondary N) is 1. The van der Waals surface area contributed by atoms with E-state index in [1.54, 1.807) is 6.20 Å². The minimum Gasteiger partial charge on any atom is -0.492 e. The Bertz CT molecular complexity index is 616. The van der Waals surface area contributed by atoms with E-state index < -0.39 is 0 Å². The molecule has 3 rings (SSSR count). The van der Waals surface area contributed by atoms with Gasteiger partial charge in [0.2, 0.25) is 0 Å². The summed E-state index contributed by atoms with van der Waals surface area (Å²) in [6.45, 7) is 2.69. The largest absolute Gasteiger partial charge is 0.492 e. The molecular formula is C18H21ClN2O. The normalized spacial score (nSPS) is 14.2. The molecule has 1 aliphatic rings. The molecule has 1 N–H and O–H groups in total. The highest BCUT2D eigenvalue weighted by Gasteiger charge is 2.15. The monoisotopic (exact) mass is 316 g/mol. The first-order valence-electron chi connectivity index (χ1n) is 7.87. The van der Waals surface area contributed by atoms with Crippen LogP contribution >= 0.6 is 11.6 Å². The van der Waals surface area contributed by atoms with Crippen LogP contribution in [-0.2, 0) is 19.3 Å². The Morgan fingerprint density at radius 2 is 2.09 bits per heavy atom. The summed E-state index contributed by atoms with van der Waals surface area (Å²) >= 11 is 6.36. The van der Waals surface area contributed by atoms with Crippen LogP contribution in [0.5, 0.6) is 5.75 Å². The van der Waals surface area contributed by atoms with Crippen LogP contribution in [0.3, 0.4) is 0 Å². The molecule has 0 fully saturated rings. The van der Waals surface area contributed by atoms with Crippen molar-refractivity contribution in [1.82, 2.24) is 10.3 Å². The van der Waals surface area contributed by atoms with Crippen molar-refractivity contribution in [2.75, 3.05) is 19.7 Å². The Morgan fingerprint density at radius 1 is 1.18 bits per heavy atom. The molecule has 1 aromatic heterocycles. The van der Waals surface area contributed by atoms with Gasteiger partial charge in [-0.3, -0.25) is 4.98 Å². The van der Waals surface area contributed by atoms with Crippen molar-refractivity contribution >= 4 is 11.6 Å². The fraction of sp³-hybridized carbons (Fsp3) is 0.389. The number of aryl methyl sites for hydroxylation is 1.